The van der Waals surface area contributed by atoms with Crippen molar-refractivity contribution in [3.63, 3.8) is 0 Å². The zero-order valence-electron chi connectivity index (χ0n) is 15.0. The van der Waals surface area contributed by atoms with Gasteiger partial charge < -0.3 is 44.2 Å². The Bertz CT molecular complexity index is 829. The Balaban J connectivity index is 2.01. The van der Waals surface area contributed by atoms with Gasteiger partial charge in [0.2, 0.25) is 6.29 Å². The second kappa shape index (κ2) is 8.33. The average Bonchev–Trinajstić information content (AvgIpc) is 3.15. The molecule has 10 nitrogen and oxygen atoms in total. The maximum absolute atomic E-state index is 11.0. The van der Waals surface area contributed by atoms with Crippen LogP contribution in [0.25, 0.3) is 11.0 Å². The summed E-state index contributed by atoms with van der Waals surface area (Å²) in [6.45, 7) is -0.601. The lowest BCUT2D eigenvalue weighted by Gasteiger charge is -2.39. The van der Waals surface area contributed by atoms with Crippen LogP contribution < -0.4 is 9.47 Å². The van der Waals surface area contributed by atoms with E-state index in [0.717, 1.165) is 0 Å². The van der Waals surface area contributed by atoms with Gasteiger partial charge in [-0.05, 0) is 12.5 Å². The highest BCUT2D eigenvalue weighted by Gasteiger charge is 2.45. The van der Waals surface area contributed by atoms with E-state index in [9.17, 15) is 25.2 Å². The molecule has 0 spiro atoms. The Kier molecular flexibility index (Phi) is 6.06. The van der Waals surface area contributed by atoms with Gasteiger partial charge in [0.25, 0.3) is 0 Å². The summed E-state index contributed by atoms with van der Waals surface area (Å²) in [4.78, 5) is 11.0. The van der Waals surface area contributed by atoms with Crippen molar-refractivity contribution >= 4 is 16.9 Å². The first kappa shape index (κ1) is 20.4. The normalized spacial score (nSPS) is 27.7. The summed E-state index contributed by atoms with van der Waals surface area (Å²) in [6, 6.07) is 3.19. The Hall–Kier alpha value is -2.37. The molecule has 0 bridgehead atoms. The fraction of sp³-hybridized carbons (Fsp3) is 0.500. The molecule has 0 amide bonds. The average molecular weight is 398 g/mol. The van der Waals surface area contributed by atoms with Crippen LogP contribution in [-0.2, 0) is 16.0 Å². The summed E-state index contributed by atoms with van der Waals surface area (Å²) < 4.78 is 21.9. The Morgan fingerprint density at radius 1 is 1.21 bits per heavy atom. The minimum absolute atomic E-state index is 0.0619. The SMILES string of the molecule is COc1cc2occc2c(O[C@@H]2O[C@H](CO)[C@@H](O)[C@H](O)[C@H]2O)c1CCC(=O)O. The van der Waals surface area contributed by atoms with E-state index in [4.69, 9.17) is 23.7 Å². The number of methoxy groups -OCH3 is 1. The molecule has 28 heavy (non-hydrogen) atoms. The molecule has 2 heterocycles. The van der Waals surface area contributed by atoms with Gasteiger partial charge in [0, 0.05) is 18.1 Å². The van der Waals surface area contributed by atoms with E-state index in [1.165, 1.54) is 13.4 Å². The minimum atomic E-state index is -1.61. The molecule has 5 atom stereocenters. The molecule has 0 aliphatic carbocycles. The van der Waals surface area contributed by atoms with Gasteiger partial charge in [-0.3, -0.25) is 4.79 Å². The number of aliphatic hydroxyl groups is 4. The fourth-order valence-corrected chi connectivity index (χ4v) is 3.17. The maximum Gasteiger partial charge on any atom is 0.303 e. The Morgan fingerprint density at radius 2 is 1.96 bits per heavy atom. The van der Waals surface area contributed by atoms with Crippen molar-refractivity contribution in [2.45, 2.75) is 43.5 Å². The number of carbonyl (C=O) groups is 1. The number of aliphatic hydroxyl groups excluding tert-OH is 4. The van der Waals surface area contributed by atoms with Crippen molar-refractivity contribution in [3.8, 4) is 11.5 Å². The van der Waals surface area contributed by atoms with Crippen molar-refractivity contribution in [1.82, 2.24) is 0 Å². The summed E-state index contributed by atoms with van der Waals surface area (Å²) in [5, 5.41) is 49.0. The summed E-state index contributed by atoms with van der Waals surface area (Å²) in [5.74, 6) is -0.537. The lowest BCUT2D eigenvalue weighted by atomic mass is 9.99. The van der Waals surface area contributed by atoms with E-state index >= 15 is 0 Å². The van der Waals surface area contributed by atoms with Crippen LogP contribution in [0.15, 0.2) is 22.8 Å². The van der Waals surface area contributed by atoms with Gasteiger partial charge in [0.05, 0.1) is 25.4 Å². The predicted molar refractivity (Wildman–Crippen MR) is 93.1 cm³/mol. The zero-order valence-corrected chi connectivity index (χ0v) is 15.0. The van der Waals surface area contributed by atoms with Crippen LogP contribution in [0.3, 0.4) is 0 Å². The lowest BCUT2D eigenvalue weighted by molar-refractivity contribution is -0.277. The second-order valence-corrected chi connectivity index (χ2v) is 6.43. The van der Waals surface area contributed by atoms with Crippen LogP contribution >= 0.6 is 0 Å². The van der Waals surface area contributed by atoms with Gasteiger partial charge in [-0.25, -0.2) is 0 Å². The molecule has 1 aromatic heterocycles. The number of carboxylic acid groups (broad SMARTS) is 1. The molecule has 1 fully saturated rings. The number of hydrogen-bond acceptors (Lipinski definition) is 9. The van der Waals surface area contributed by atoms with Crippen LogP contribution in [-0.4, -0.2) is 75.9 Å². The van der Waals surface area contributed by atoms with Crippen molar-refractivity contribution in [2.24, 2.45) is 0 Å². The highest BCUT2D eigenvalue weighted by molar-refractivity contribution is 5.88. The first-order valence-electron chi connectivity index (χ1n) is 8.63. The summed E-state index contributed by atoms with van der Waals surface area (Å²) in [6.07, 6.45) is -6.05. The van der Waals surface area contributed by atoms with Gasteiger partial charge in [0.1, 0.15) is 41.5 Å². The van der Waals surface area contributed by atoms with Gasteiger partial charge in [-0.2, -0.15) is 0 Å². The fourth-order valence-electron chi connectivity index (χ4n) is 3.17. The number of hydrogen-bond donors (Lipinski definition) is 5. The third-order valence-corrected chi connectivity index (χ3v) is 4.66. The molecule has 1 saturated heterocycles. The molecule has 5 N–H and O–H groups in total. The number of rotatable bonds is 7. The zero-order chi connectivity index (χ0) is 20.4. The molecule has 154 valence electrons. The summed E-state index contributed by atoms with van der Waals surface area (Å²) in [7, 11) is 1.41. The third kappa shape index (κ3) is 3.77. The lowest BCUT2D eigenvalue weighted by Crippen LogP contribution is -2.60. The number of furan rings is 1. The molecule has 10 heteroatoms. The second-order valence-electron chi connectivity index (χ2n) is 6.43. The number of fused-ring (bicyclic) bond motifs is 1. The number of ether oxygens (including phenoxy) is 3. The van der Waals surface area contributed by atoms with Crippen molar-refractivity contribution < 1.29 is 49.0 Å². The minimum Gasteiger partial charge on any atom is -0.496 e. The van der Waals surface area contributed by atoms with E-state index in [2.05, 4.69) is 0 Å². The van der Waals surface area contributed by atoms with E-state index in [1.807, 2.05) is 0 Å². The Morgan fingerprint density at radius 3 is 2.61 bits per heavy atom. The van der Waals surface area contributed by atoms with E-state index in [0.29, 0.717) is 22.3 Å². The number of aliphatic carboxylic acids is 1. The highest BCUT2D eigenvalue weighted by atomic mass is 16.7. The molecule has 0 radical (unpaired) electrons. The topological polar surface area (TPSA) is 159 Å². The van der Waals surface area contributed by atoms with E-state index < -0.39 is 43.3 Å². The molecule has 3 rings (SSSR count). The van der Waals surface area contributed by atoms with E-state index in [-0.39, 0.29) is 18.6 Å². The van der Waals surface area contributed by atoms with Crippen LogP contribution in [0.4, 0.5) is 0 Å². The van der Waals surface area contributed by atoms with Crippen LogP contribution in [0.1, 0.15) is 12.0 Å². The van der Waals surface area contributed by atoms with Gasteiger partial charge in [-0.1, -0.05) is 0 Å². The van der Waals surface area contributed by atoms with Gasteiger partial charge in [0.15, 0.2) is 0 Å². The summed E-state index contributed by atoms with van der Waals surface area (Å²) in [5.41, 5.74) is 0.811. The standard InChI is InChI=1S/C18H22O10/c1-25-10-6-11-9(4-5-26-11)17(8(10)2-3-13(20)21)28-18-16(24)15(23)14(22)12(7-19)27-18/h4-6,12,14-16,18-19,22-24H,2-3,7H2,1H3,(H,20,21)/t12-,14-,15+,16-,18+/m1/s1. The first-order chi connectivity index (χ1) is 13.4. The summed E-state index contributed by atoms with van der Waals surface area (Å²) >= 11 is 0. The molecule has 2 aromatic rings. The van der Waals surface area contributed by atoms with Gasteiger partial charge >= 0.3 is 5.97 Å². The van der Waals surface area contributed by atoms with E-state index in [1.54, 1.807) is 12.1 Å². The monoisotopic (exact) mass is 398 g/mol. The molecule has 0 unspecified atom stereocenters. The van der Waals surface area contributed by atoms with Crippen LogP contribution in [0.2, 0.25) is 0 Å². The molecule has 1 aliphatic heterocycles. The van der Waals surface area contributed by atoms with Crippen molar-refractivity contribution in [1.29, 1.82) is 0 Å². The van der Waals surface area contributed by atoms with Crippen molar-refractivity contribution in [2.75, 3.05) is 13.7 Å². The van der Waals surface area contributed by atoms with Crippen LogP contribution in [0.5, 0.6) is 11.5 Å². The molecular weight excluding hydrogens is 376 g/mol. The smallest absolute Gasteiger partial charge is 0.303 e. The number of benzene rings is 1. The van der Waals surface area contributed by atoms with Crippen molar-refractivity contribution in [3.05, 3.63) is 24.0 Å². The third-order valence-electron chi connectivity index (χ3n) is 4.66. The highest BCUT2D eigenvalue weighted by Crippen LogP contribution is 2.40. The van der Waals surface area contributed by atoms with Crippen LogP contribution in [0, 0.1) is 0 Å². The number of carboxylic acids is 1. The van der Waals surface area contributed by atoms with Gasteiger partial charge in [-0.15, -0.1) is 0 Å². The quantitative estimate of drug-likeness (QED) is 0.417. The Labute approximate surface area is 159 Å². The molecule has 1 aliphatic rings. The largest absolute Gasteiger partial charge is 0.496 e. The first-order valence-corrected chi connectivity index (χ1v) is 8.63. The molecular formula is C18H22O10. The molecule has 1 aromatic carbocycles. The predicted octanol–water partition coefficient (Wildman–Crippen LogP) is -0.363. The maximum atomic E-state index is 11.0. The molecule has 0 saturated carbocycles.